The first-order valence-corrected chi connectivity index (χ1v) is 3.83. The summed E-state index contributed by atoms with van der Waals surface area (Å²) in [4.78, 5) is 6.08. The second kappa shape index (κ2) is 6.12. The highest BCUT2D eigenvalue weighted by atomic mass is 127. The molecule has 68 valence electrons. The molecule has 4 heteroatoms. The van der Waals surface area contributed by atoms with E-state index in [1.165, 1.54) is 12.8 Å². The van der Waals surface area contributed by atoms with Crippen LogP contribution in [0.4, 0.5) is 0 Å². The van der Waals surface area contributed by atoms with Crippen LogP contribution in [0.15, 0.2) is 4.99 Å². The summed E-state index contributed by atoms with van der Waals surface area (Å²) in [6, 6.07) is 0. The van der Waals surface area contributed by atoms with Gasteiger partial charge in [0.15, 0.2) is 5.96 Å². The lowest BCUT2D eigenvalue weighted by Gasteiger charge is -2.14. The molecule has 0 aromatic carbocycles. The summed E-state index contributed by atoms with van der Waals surface area (Å²) in [6.07, 6.45) is 7.47. The van der Waals surface area contributed by atoms with E-state index in [1.807, 2.05) is 0 Å². The maximum Gasteiger partial charge on any atom is 0.192 e. The standard InChI is InChI=1S/C8H13N3.HI/c1-2-5-10-8(9)11-6-3-4-7-11;/h1H,3-7H2,(H2,9,10);1H. The van der Waals surface area contributed by atoms with Crippen molar-refractivity contribution in [3.8, 4) is 12.3 Å². The van der Waals surface area contributed by atoms with Crippen LogP contribution in [-0.4, -0.2) is 30.5 Å². The molecule has 1 rings (SSSR count). The first-order valence-electron chi connectivity index (χ1n) is 3.83. The summed E-state index contributed by atoms with van der Waals surface area (Å²) in [5.41, 5.74) is 5.65. The van der Waals surface area contributed by atoms with Crippen LogP contribution in [-0.2, 0) is 0 Å². The normalized spacial score (nSPS) is 16.9. The van der Waals surface area contributed by atoms with Crippen molar-refractivity contribution in [3.05, 3.63) is 0 Å². The highest BCUT2D eigenvalue weighted by Gasteiger charge is 2.12. The van der Waals surface area contributed by atoms with Gasteiger partial charge in [0, 0.05) is 13.1 Å². The molecule has 1 fully saturated rings. The maximum absolute atomic E-state index is 5.65. The molecule has 0 amide bonds. The molecule has 1 aliphatic heterocycles. The summed E-state index contributed by atoms with van der Waals surface area (Å²) in [5, 5.41) is 0. The van der Waals surface area contributed by atoms with Gasteiger partial charge in [-0.3, -0.25) is 0 Å². The van der Waals surface area contributed by atoms with E-state index >= 15 is 0 Å². The van der Waals surface area contributed by atoms with Crippen LogP contribution >= 0.6 is 24.0 Å². The number of nitrogens with zero attached hydrogens (tertiary/aromatic N) is 2. The molecule has 3 nitrogen and oxygen atoms in total. The quantitative estimate of drug-likeness (QED) is 0.331. The topological polar surface area (TPSA) is 41.6 Å². The van der Waals surface area contributed by atoms with E-state index in [1.54, 1.807) is 0 Å². The van der Waals surface area contributed by atoms with Crippen molar-refractivity contribution in [2.24, 2.45) is 10.7 Å². The minimum absolute atomic E-state index is 0. The van der Waals surface area contributed by atoms with Crippen molar-refractivity contribution < 1.29 is 0 Å². The highest BCUT2D eigenvalue weighted by molar-refractivity contribution is 14.0. The molecule has 0 aromatic heterocycles. The van der Waals surface area contributed by atoms with Gasteiger partial charge >= 0.3 is 0 Å². The number of hydrogen-bond donors (Lipinski definition) is 1. The second-order valence-corrected chi connectivity index (χ2v) is 2.57. The Labute approximate surface area is 90.4 Å². The third-order valence-corrected chi connectivity index (χ3v) is 1.76. The number of hydrogen-bond acceptors (Lipinski definition) is 1. The molecule has 0 radical (unpaired) electrons. The minimum Gasteiger partial charge on any atom is -0.370 e. The zero-order chi connectivity index (χ0) is 8.10. The van der Waals surface area contributed by atoms with Gasteiger partial charge in [-0.2, -0.15) is 0 Å². The number of rotatable bonds is 1. The molecule has 1 aliphatic rings. The summed E-state index contributed by atoms with van der Waals surface area (Å²) in [6.45, 7) is 2.45. The lowest BCUT2D eigenvalue weighted by Crippen LogP contribution is -2.34. The van der Waals surface area contributed by atoms with Gasteiger partial charge < -0.3 is 10.6 Å². The fourth-order valence-electron chi connectivity index (χ4n) is 1.17. The Hall–Kier alpha value is -0.440. The fourth-order valence-corrected chi connectivity index (χ4v) is 1.17. The Bertz CT molecular complexity index is 189. The molecular weight excluding hydrogens is 265 g/mol. The molecule has 0 bridgehead atoms. The van der Waals surface area contributed by atoms with Crippen LogP contribution in [0.2, 0.25) is 0 Å². The van der Waals surface area contributed by atoms with Crippen LogP contribution in [0.5, 0.6) is 0 Å². The number of halogens is 1. The summed E-state index contributed by atoms with van der Waals surface area (Å²) < 4.78 is 0. The smallest absolute Gasteiger partial charge is 0.192 e. The Morgan fingerprint density at radius 3 is 2.58 bits per heavy atom. The maximum atomic E-state index is 5.65. The van der Waals surface area contributed by atoms with Crippen LogP contribution < -0.4 is 5.73 Å². The van der Waals surface area contributed by atoms with Crippen LogP contribution in [0.1, 0.15) is 12.8 Å². The average molecular weight is 279 g/mol. The van der Waals surface area contributed by atoms with Crippen molar-refractivity contribution in [3.63, 3.8) is 0 Å². The molecule has 0 saturated carbocycles. The van der Waals surface area contributed by atoms with E-state index < -0.39 is 0 Å². The number of terminal acetylenes is 1. The lowest BCUT2D eigenvalue weighted by molar-refractivity contribution is 0.512. The molecule has 0 unspecified atom stereocenters. The van der Waals surface area contributed by atoms with Gasteiger partial charge in [0.2, 0.25) is 0 Å². The zero-order valence-electron chi connectivity index (χ0n) is 6.99. The van der Waals surface area contributed by atoms with Crippen molar-refractivity contribution in [1.29, 1.82) is 0 Å². The van der Waals surface area contributed by atoms with E-state index in [-0.39, 0.29) is 24.0 Å². The number of guanidine groups is 1. The van der Waals surface area contributed by atoms with Crippen molar-refractivity contribution >= 4 is 29.9 Å². The fraction of sp³-hybridized carbons (Fsp3) is 0.625. The Kier molecular flexibility index (Phi) is 5.89. The van der Waals surface area contributed by atoms with E-state index in [2.05, 4.69) is 15.8 Å². The third-order valence-electron chi connectivity index (χ3n) is 1.76. The first-order chi connectivity index (χ1) is 5.34. The summed E-state index contributed by atoms with van der Waals surface area (Å²) >= 11 is 0. The summed E-state index contributed by atoms with van der Waals surface area (Å²) in [7, 11) is 0. The first kappa shape index (κ1) is 11.6. The Morgan fingerprint density at radius 1 is 1.50 bits per heavy atom. The Morgan fingerprint density at radius 2 is 2.08 bits per heavy atom. The van der Waals surface area contributed by atoms with E-state index in [9.17, 15) is 0 Å². The molecular formula is C8H14IN3. The van der Waals surface area contributed by atoms with Gasteiger partial charge in [-0.05, 0) is 12.8 Å². The van der Waals surface area contributed by atoms with E-state index in [4.69, 9.17) is 12.2 Å². The predicted octanol–water partition coefficient (Wildman–Crippen LogP) is 0.648. The van der Waals surface area contributed by atoms with Gasteiger partial charge in [-0.25, -0.2) is 4.99 Å². The average Bonchev–Trinajstić information content (AvgIpc) is 2.52. The molecule has 1 heterocycles. The van der Waals surface area contributed by atoms with Crippen molar-refractivity contribution in [1.82, 2.24) is 4.90 Å². The molecule has 0 aromatic rings. The van der Waals surface area contributed by atoms with Gasteiger partial charge in [0.25, 0.3) is 0 Å². The van der Waals surface area contributed by atoms with Gasteiger partial charge in [-0.1, -0.05) is 5.92 Å². The molecule has 0 aliphatic carbocycles. The van der Waals surface area contributed by atoms with Crippen LogP contribution in [0.25, 0.3) is 0 Å². The van der Waals surface area contributed by atoms with Gasteiger partial charge in [0.1, 0.15) is 6.54 Å². The summed E-state index contributed by atoms with van der Waals surface area (Å²) in [5.74, 6) is 3.03. The molecule has 0 spiro atoms. The third kappa shape index (κ3) is 3.30. The number of aliphatic imine (C=N–C) groups is 1. The molecule has 1 saturated heterocycles. The van der Waals surface area contributed by atoms with Crippen LogP contribution in [0, 0.1) is 12.3 Å². The molecule has 2 N–H and O–H groups in total. The lowest BCUT2D eigenvalue weighted by atomic mass is 10.4. The number of likely N-dealkylation sites (tertiary alicyclic amines) is 1. The molecule has 0 atom stereocenters. The zero-order valence-corrected chi connectivity index (χ0v) is 9.32. The van der Waals surface area contributed by atoms with Crippen molar-refractivity contribution in [2.45, 2.75) is 12.8 Å². The largest absolute Gasteiger partial charge is 0.370 e. The van der Waals surface area contributed by atoms with Crippen molar-refractivity contribution in [2.75, 3.05) is 19.6 Å². The Balaban J connectivity index is 0.00000121. The van der Waals surface area contributed by atoms with Gasteiger partial charge in [0.05, 0.1) is 0 Å². The monoisotopic (exact) mass is 279 g/mol. The second-order valence-electron chi connectivity index (χ2n) is 2.57. The number of nitrogens with two attached hydrogens (primary N) is 1. The molecule has 12 heavy (non-hydrogen) atoms. The predicted molar refractivity (Wildman–Crippen MR) is 61.5 cm³/mol. The van der Waals surface area contributed by atoms with Gasteiger partial charge in [-0.15, -0.1) is 30.4 Å². The van der Waals surface area contributed by atoms with E-state index in [0.717, 1.165) is 13.1 Å². The SMILES string of the molecule is C#CCN=C(N)N1CCCC1.I. The van der Waals surface area contributed by atoms with Crippen LogP contribution in [0.3, 0.4) is 0 Å². The highest BCUT2D eigenvalue weighted by Crippen LogP contribution is 2.05. The van der Waals surface area contributed by atoms with E-state index in [0.29, 0.717) is 12.5 Å². The minimum atomic E-state index is 0.